The molecule has 1 atom stereocenters. The summed E-state index contributed by atoms with van der Waals surface area (Å²) in [7, 11) is 2.15. The summed E-state index contributed by atoms with van der Waals surface area (Å²) in [6, 6.07) is 0.630. The van der Waals surface area contributed by atoms with E-state index in [9.17, 15) is 0 Å². The molecule has 1 aliphatic rings. The Hall–Kier alpha value is -0.830. The Morgan fingerprint density at radius 1 is 1.73 bits per heavy atom. The molecule has 1 aromatic rings. The predicted octanol–water partition coefficient (Wildman–Crippen LogP) is 0.786. The molecule has 0 bridgehead atoms. The van der Waals surface area contributed by atoms with E-state index in [1.54, 1.807) is 6.33 Å². The van der Waals surface area contributed by atoms with Crippen molar-refractivity contribution in [3.05, 3.63) is 17.7 Å². The molecule has 0 fully saturated rings. The van der Waals surface area contributed by atoms with E-state index in [0.29, 0.717) is 6.04 Å². The minimum Gasteiger partial charge on any atom is -0.347 e. The zero-order chi connectivity index (χ0) is 7.84. The second-order valence-electron chi connectivity index (χ2n) is 3.30. The fourth-order valence-electron chi connectivity index (χ4n) is 1.50. The highest BCUT2D eigenvalue weighted by atomic mass is 15.2. The van der Waals surface area contributed by atoms with Gasteiger partial charge in [0.25, 0.3) is 0 Å². The van der Waals surface area contributed by atoms with Crippen molar-refractivity contribution in [2.24, 2.45) is 0 Å². The van der Waals surface area contributed by atoms with Gasteiger partial charge in [0.1, 0.15) is 0 Å². The van der Waals surface area contributed by atoms with Crippen molar-refractivity contribution in [2.75, 3.05) is 7.05 Å². The number of aromatic amines is 1. The minimum absolute atomic E-state index is 0.630. The molecule has 0 radical (unpaired) electrons. The Labute approximate surface area is 66.4 Å². The average molecular weight is 151 g/mol. The number of fused-ring (bicyclic) bond motifs is 1. The van der Waals surface area contributed by atoms with Gasteiger partial charge in [-0.2, -0.15) is 0 Å². The molecule has 0 amide bonds. The molecular weight excluding hydrogens is 138 g/mol. The van der Waals surface area contributed by atoms with Gasteiger partial charge in [0.2, 0.25) is 0 Å². The predicted molar refractivity (Wildman–Crippen MR) is 43.2 cm³/mol. The van der Waals surface area contributed by atoms with Gasteiger partial charge in [0, 0.05) is 19.0 Å². The molecule has 60 valence electrons. The topological polar surface area (TPSA) is 31.9 Å². The number of likely N-dealkylation sites (N-methyl/N-ethyl adjacent to an activating group) is 1. The fourth-order valence-corrected chi connectivity index (χ4v) is 1.50. The number of hydrogen-bond acceptors (Lipinski definition) is 2. The third kappa shape index (κ3) is 1.05. The van der Waals surface area contributed by atoms with Crippen LogP contribution in [0.25, 0.3) is 0 Å². The molecule has 0 saturated heterocycles. The Morgan fingerprint density at radius 2 is 2.55 bits per heavy atom. The van der Waals surface area contributed by atoms with Crippen LogP contribution in [0.15, 0.2) is 6.33 Å². The lowest BCUT2D eigenvalue weighted by atomic mass is 10.1. The molecule has 1 aliphatic heterocycles. The summed E-state index contributed by atoms with van der Waals surface area (Å²) >= 11 is 0. The minimum atomic E-state index is 0.630. The molecular formula is C8H13N3. The van der Waals surface area contributed by atoms with Gasteiger partial charge in [-0.1, -0.05) is 0 Å². The highest BCUT2D eigenvalue weighted by Crippen LogP contribution is 2.17. The standard InChI is InChI=1S/C8H13N3/c1-6-3-7-8(4-11(6)2)10-5-9-7/h5-6H,3-4H2,1-2H3,(H,9,10)/t6-/m0/s1. The summed E-state index contributed by atoms with van der Waals surface area (Å²) in [5.74, 6) is 0. The van der Waals surface area contributed by atoms with Crippen molar-refractivity contribution in [3.8, 4) is 0 Å². The van der Waals surface area contributed by atoms with Crippen molar-refractivity contribution >= 4 is 0 Å². The first-order valence-electron chi connectivity index (χ1n) is 3.98. The molecule has 0 spiro atoms. The van der Waals surface area contributed by atoms with Crippen LogP contribution in [0.3, 0.4) is 0 Å². The normalized spacial score (nSPS) is 25.1. The third-order valence-corrected chi connectivity index (χ3v) is 2.46. The molecule has 0 aliphatic carbocycles. The zero-order valence-electron chi connectivity index (χ0n) is 6.96. The monoisotopic (exact) mass is 151 g/mol. The fraction of sp³-hybridized carbons (Fsp3) is 0.625. The molecule has 3 heteroatoms. The van der Waals surface area contributed by atoms with Gasteiger partial charge >= 0.3 is 0 Å². The van der Waals surface area contributed by atoms with Crippen molar-refractivity contribution in [2.45, 2.75) is 25.9 Å². The second kappa shape index (κ2) is 2.34. The quantitative estimate of drug-likeness (QED) is 0.594. The summed E-state index contributed by atoms with van der Waals surface area (Å²) in [4.78, 5) is 9.75. The summed E-state index contributed by atoms with van der Waals surface area (Å²) in [5.41, 5.74) is 2.53. The van der Waals surface area contributed by atoms with E-state index in [1.807, 2.05) is 0 Å². The lowest BCUT2D eigenvalue weighted by Gasteiger charge is -2.28. The van der Waals surface area contributed by atoms with Crippen LogP contribution < -0.4 is 0 Å². The van der Waals surface area contributed by atoms with Crippen molar-refractivity contribution < 1.29 is 0 Å². The number of rotatable bonds is 0. The maximum Gasteiger partial charge on any atom is 0.0925 e. The maximum absolute atomic E-state index is 4.26. The summed E-state index contributed by atoms with van der Waals surface area (Å²) in [5, 5.41) is 0. The van der Waals surface area contributed by atoms with E-state index >= 15 is 0 Å². The van der Waals surface area contributed by atoms with Gasteiger partial charge in [-0.25, -0.2) is 4.98 Å². The Bertz CT molecular complexity index is 229. The van der Waals surface area contributed by atoms with Gasteiger partial charge < -0.3 is 4.98 Å². The molecule has 0 unspecified atom stereocenters. The molecule has 1 N–H and O–H groups in total. The van der Waals surface area contributed by atoms with Gasteiger partial charge in [0.05, 0.1) is 17.7 Å². The third-order valence-electron chi connectivity index (χ3n) is 2.46. The van der Waals surface area contributed by atoms with Crippen LogP contribution >= 0.6 is 0 Å². The van der Waals surface area contributed by atoms with Crippen LogP contribution in [-0.2, 0) is 13.0 Å². The first kappa shape index (κ1) is 6.85. The summed E-state index contributed by atoms with van der Waals surface area (Å²) in [6.07, 6.45) is 2.87. The van der Waals surface area contributed by atoms with Crippen LogP contribution in [0.4, 0.5) is 0 Å². The SMILES string of the molecule is C[C@H]1Cc2nc[nH]c2CN1C. The van der Waals surface area contributed by atoms with E-state index in [4.69, 9.17) is 0 Å². The van der Waals surface area contributed by atoms with E-state index in [-0.39, 0.29) is 0 Å². The molecule has 2 heterocycles. The molecule has 0 aromatic carbocycles. The van der Waals surface area contributed by atoms with Crippen LogP contribution in [0.5, 0.6) is 0 Å². The number of imidazole rings is 1. The summed E-state index contributed by atoms with van der Waals surface area (Å²) < 4.78 is 0. The van der Waals surface area contributed by atoms with Crippen molar-refractivity contribution in [3.63, 3.8) is 0 Å². The molecule has 2 rings (SSSR count). The lowest BCUT2D eigenvalue weighted by molar-refractivity contribution is 0.227. The Balaban J connectivity index is 2.30. The van der Waals surface area contributed by atoms with E-state index in [1.165, 1.54) is 11.4 Å². The number of aromatic nitrogens is 2. The van der Waals surface area contributed by atoms with Crippen molar-refractivity contribution in [1.29, 1.82) is 0 Å². The zero-order valence-corrected chi connectivity index (χ0v) is 6.96. The molecule has 1 aromatic heterocycles. The molecule has 3 nitrogen and oxygen atoms in total. The van der Waals surface area contributed by atoms with E-state index < -0.39 is 0 Å². The first-order valence-corrected chi connectivity index (χ1v) is 3.98. The highest BCUT2D eigenvalue weighted by molar-refractivity contribution is 5.15. The van der Waals surface area contributed by atoms with Crippen LogP contribution in [-0.4, -0.2) is 28.0 Å². The number of H-pyrrole nitrogens is 1. The number of nitrogens with one attached hydrogen (secondary N) is 1. The van der Waals surface area contributed by atoms with Crippen LogP contribution in [0, 0.1) is 0 Å². The van der Waals surface area contributed by atoms with Gasteiger partial charge in [-0.3, -0.25) is 4.90 Å². The smallest absolute Gasteiger partial charge is 0.0925 e. The Morgan fingerprint density at radius 3 is 3.36 bits per heavy atom. The molecule has 11 heavy (non-hydrogen) atoms. The summed E-state index contributed by atoms with van der Waals surface area (Å²) in [6.45, 7) is 3.24. The van der Waals surface area contributed by atoms with Gasteiger partial charge in [0.15, 0.2) is 0 Å². The van der Waals surface area contributed by atoms with Crippen molar-refractivity contribution in [1.82, 2.24) is 14.9 Å². The van der Waals surface area contributed by atoms with E-state index in [0.717, 1.165) is 13.0 Å². The van der Waals surface area contributed by atoms with Gasteiger partial charge in [-0.05, 0) is 14.0 Å². The highest BCUT2D eigenvalue weighted by Gasteiger charge is 2.20. The second-order valence-corrected chi connectivity index (χ2v) is 3.30. The average Bonchev–Trinajstić information content (AvgIpc) is 2.36. The maximum atomic E-state index is 4.26. The Kier molecular flexibility index (Phi) is 1.46. The van der Waals surface area contributed by atoms with Crippen LogP contribution in [0.2, 0.25) is 0 Å². The lowest BCUT2D eigenvalue weighted by Crippen LogP contribution is -2.35. The first-order chi connectivity index (χ1) is 5.27. The van der Waals surface area contributed by atoms with Crippen LogP contribution in [0.1, 0.15) is 18.3 Å². The van der Waals surface area contributed by atoms with E-state index in [2.05, 4.69) is 28.8 Å². The van der Waals surface area contributed by atoms with Gasteiger partial charge in [-0.15, -0.1) is 0 Å². The number of nitrogens with zero attached hydrogens (tertiary/aromatic N) is 2. The molecule has 0 saturated carbocycles. The largest absolute Gasteiger partial charge is 0.347 e. The number of hydrogen-bond donors (Lipinski definition) is 1.